The molecule has 7 heteroatoms. The first kappa shape index (κ1) is 25.1. The van der Waals surface area contributed by atoms with Gasteiger partial charge in [-0.25, -0.2) is 0 Å². The van der Waals surface area contributed by atoms with E-state index in [0.717, 1.165) is 30.8 Å². The number of nitrogens with one attached hydrogen (secondary N) is 1. The SMILES string of the molecule is CC1(C)[C@H](NC(=O)c2ccc(N3CC=C(CO)CC3)cc2)C(C)(C)[C@H]1Oc1ccc(C#N)c(Cl)c1. The maximum absolute atomic E-state index is 13.1. The minimum Gasteiger partial charge on any atom is -0.489 e. The summed E-state index contributed by atoms with van der Waals surface area (Å²) >= 11 is 6.18. The Bertz CT molecular complexity index is 1160. The fraction of sp³-hybridized carbons (Fsp3) is 0.429. The molecule has 184 valence electrons. The van der Waals surface area contributed by atoms with E-state index >= 15 is 0 Å². The van der Waals surface area contributed by atoms with Crippen LogP contribution in [-0.4, -0.2) is 42.9 Å². The average molecular weight is 494 g/mol. The normalized spacial score (nSPS) is 22.4. The molecule has 1 aliphatic carbocycles. The molecule has 0 spiro atoms. The number of benzene rings is 2. The second-order valence-corrected chi connectivity index (χ2v) is 11.0. The topological polar surface area (TPSA) is 85.6 Å². The maximum atomic E-state index is 13.1. The third-order valence-corrected chi connectivity index (χ3v) is 7.74. The van der Waals surface area contributed by atoms with Crippen molar-refractivity contribution in [1.29, 1.82) is 5.26 Å². The van der Waals surface area contributed by atoms with Crippen LogP contribution in [0.15, 0.2) is 54.1 Å². The lowest BCUT2D eigenvalue weighted by molar-refractivity contribution is -0.164. The van der Waals surface area contributed by atoms with Crippen LogP contribution in [0.2, 0.25) is 5.02 Å². The molecule has 2 aromatic carbocycles. The number of hydrogen-bond acceptors (Lipinski definition) is 5. The number of rotatable bonds is 6. The number of halogens is 1. The molecule has 0 aromatic heterocycles. The Labute approximate surface area is 212 Å². The van der Waals surface area contributed by atoms with E-state index < -0.39 is 0 Å². The molecule has 2 aliphatic rings. The smallest absolute Gasteiger partial charge is 0.251 e. The molecule has 35 heavy (non-hydrogen) atoms. The number of carbonyl (C=O) groups excluding carboxylic acids is 1. The second-order valence-electron chi connectivity index (χ2n) is 10.6. The summed E-state index contributed by atoms with van der Waals surface area (Å²) < 4.78 is 6.31. The summed E-state index contributed by atoms with van der Waals surface area (Å²) in [7, 11) is 0. The van der Waals surface area contributed by atoms with Crippen LogP contribution in [0, 0.1) is 22.2 Å². The minimum atomic E-state index is -0.315. The van der Waals surface area contributed by atoms with Gasteiger partial charge in [0.05, 0.1) is 17.2 Å². The summed E-state index contributed by atoms with van der Waals surface area (Å²) in [5.74, 6) is 0.503. The number of amides is 1. The highest BCUT2D eigenvalue weighted by molar-refractivity contribution is 6.31. The predicted octanol–water partition coefficient (Wildman–Crippen LogP) is 4.95. The molecule has 1 saturated carbocycles. The Morgan fingerprint density at radius 1 is 1.20 bits per heavy atom. The van der Waals surface area contributed by atoms with Gasteiger partial charge >= 0.3 is 0 Å². The van der Waals surface area contributed by atoms with Crippen molar-refractivity contribution < 1.29 is 14.6 Å². The molecule has 1 aliphatic heterocycles. The first-order chi connectivity index (χ1) is 16.6. The Kier molecular flexibility index (Phi) is 6.86. The fourth-order valence-corrected chi connectivity index (χ4v) is 5.94. The van der Waals surface area contributed by atoms with Gasteiger partial charge < -0.3 is 20.1 Å². The first-order valence-corrected chi connectivity index (χ1v) is 12.3. The van der Waals surface area contributed by atoms with E-state index in [1.807, 2.05) is 24.3 Å². The number of aliphatic hydroxyl groups is 1. The summed E-state index contributed by atoms with van der Waals surface area (Å²) in [5.41, 5.74) is 2.54. The van der Waals surface area contributed by atoms with Gasteiger partial charge in [-0.05, 0) is 48.4 Å². The van der Waals surface area contributed by atoms with E-state index in [9.17, 15) is 9.90 Å². The van der Waals surface area contributed by atoms with E-state index in [1.165, 1.54) is 0 Å². The van der Waals surface area contributed by atoms with Crippen LogP contribution < -0.4 is 15.0 Å². The molecule has 1 heterocycles. The van der Waals surface area contributed by atoms with Crippen molar-refractivity contribution in [1.82, 2.24) is 5.32 Å². The summed E-state index contributed by atoms with van der Waals surface area (Å²) in [5, 5.41) is 22.0. The van der Waals surface area contributed by atoms with Crippen molar-refractivity contribution in [2.45, 2.75) is 46.3 Å². The van der Waals surface area contributed by atoms with Gasteiger partial charge in [0, 0.05) is 47.3 Å². The lowest BCUT2D eigenvalue weighted by Crippen LogP contribution is -2.74. The minimum absolute atomic E-state index is 0.0924. The lowest BCUT2D eigenvalue weighted by atomic mass is 9.49. The Morgan fingerprint density at radius 3 is 2.43 bits per heavy atom. The molecule has 2 aromatic rings. The summed E-state index contributed by atoms with van der Waals surface area (Å²) in [6.07, 6.45) is 2.76. The van der Waals surface area contributed by atoms with Gasteiger partial charge in [0.1, 0.15) is 17.9 Å². The molecule has 0 saturated heterocycles. The molecule has 6 nitrogen and oxygen atoms in total. The summed E-state index contributed by atoms with van der Waals surface area (Å²) in [6, 6.07) is 14.7. The number of hydrogen-bond donors (Lipinski definition) is 2. The molecule has 2 N–H and O–H groups in total. The van der Waals surface area contributed by atoms with Crippen molar-refractivity contribution >= 4 is 23.2 Å². The Hall–Kier alpha value is -3.01. The van der Waals surface area contributed by atoms with Gasteiger partial charge in [0.2, 0.25) is 0 Å². The molecule has 0 atom stereocenters. The van der Waals surface area contributed by atoms with E-state index in [2.05, 4.69) is 50.1 Å². The van der Waals surface area contributed by atoms with Gasteiger partial charge in [-0.15, -0.1) is 0 Å². The number of aliphatic hydroxyl groups excluding tert-OH is 1. The highest BCUT2D eigenvalue weighted by atomic mass is 35.5. The Morgan fingerprint density at radius 2 is 1.89 bits per heavy atom. The van der Waals surface area contributed by atoms with Crippen molar-refractivity contribution in [2.75, 3.05) is 24.6 Å². The Balaban J connectivity index is 1.42. The van der Waals surface area contributed by atoms with Gasteiger partial charge in [-0.3, -0.25) is 4.79 Å². The molecular formula is C28H32ClN3O3. The fourth-order valence-electron chi connectivity index (χ4n) is 5.72. The van der Waals surface area contributed by atoms with E-state index in [-0.39, 0.29) is 35.5 Å². The summed E-state index contributed by atoms with van der Waals surface area (Å²) in [4.78, 5) is 15.4. The number of carbonyl (C=O) groups is 1. The monoisotopic (exact) mass is 493 g/mol. The number of nitrogens with zero attached hydrogens (tertiary/aromatic N) is 2. The van der Waals surface area contributed by atoms with E-state index in [4.69, 9.17) is 21.6 Å². The van der Waals surface area contributed by atoms with Crippen LogP contribution in [-0.2, 0) is 0 Å². The average Bonchev–Trinajstić information content (AvgIpc) is 2.85. The maximum Gasteiger partial charge on any atom is 0.251 e. The van der Waals surface area contributed by atoms with Crippen LogP contribution in [0.1, 0.15) is 50.0 Å². The molecule has 4 rings (SSSR count). The highest BCUT2D eigenvalue weighted by Crippen LogP contribution is 2.55. The third kappa shape index (κ3) is 4.76. The van der Waals surface area contributed by atoms with Crippen molar-refractivity contribution in [3.05, 3.63) is 70.3 Å². The number of nitriles is 1. The highest BCUT2D eigenvalue weighted by Gasteiger charge is 2.64. The van der Waals surface area contributed by atoms with Crippen LogP contribution in [0.3, 0.4) is 0 Å². The van der Waals surface area contributed by atoms with E-state index in [1.54, 1.807) is 18.2 Å². The van der Waals surface area contributed by atoms with Crippen LogP contribution in [0.25, 0.3) is 0 Å². The van der Waals surface area contributed by atoms with Gasteiger partial charge in [-0.1, -0.05) is 45.4 Å². The number of anilines is 1. The molecule has 0 unspecified atom stereocenters. The molecule has 0 bridgehead atoms. The van der Waals surface area contributed by atoms with Gasteiger partial charge in [0.25, 0.3) is 5.91 Å². The lowest BCUT2D eigenvalue weighted by Gasteiger charge is -2.63. The van der Waals surface area contributed by atoms with Crippen molar-refractivity contribution in [3.63, 3.8) is 0 Å². The zero-order valence-corrected chi connectivity index (χ0v) is 21.4. The molecule has 1 fully saturated rings. The van der Waals surface area contributed by atoms with Gasteiger partial charge in [0.15, 0.2) is 0 Å². The molecule has 0 radical (unpaired) electrons. The van der Waals surface area contributed by atoms with Crippen LogP contribution >= 0.6 is 11.6 Å². The van der Waals surface area contributed by atoms with Gasteiger partial charge in [-0.2, -0.15) is 5.26 Å². The van der Waals surface area contributed by atoms with Crippen LogP contribution in [0.4, 0.5) is 5.69 Å². The predicted molar refractivity (Wildman–Crippen MR) is 138 cm³/mol. The standard InChI is InChI=1S/C28H32ClN3O3/c1-27(2)25(28(3,4)26(27)35-22-10-7-20(16-30)23(29)15-22)31-24(34)19-5-8-21(9-6-19)32-13-11-18(17-33)12-14-32/h5-11,15,25-26,33H,12-14,17H2,1-4H3,(H,31,34)/t25-,26-. The van der Waals surface area contributed by atoms with E-state index in [0.29, 0.717) is 21.9 Å². The largest absolute Gasteiger partial charge is 0.489 e. The van der Waals surface area contributed by atoms with Crippen LogP contribution in [0.5, 0.6) is 5.75 Å². The van der Waals surface area contributed by atoms with Crippen molar-refractivity contribution in [2.24, 2.45) is 10.8 Å². The van der Waals surface area contributed by atoms with Crippen molar-refractivity contribution in [3.8, 4) is 11.8 Å². The zero-order chi connectivity index (χ0) is 25.4. The zero-order valence-electron chi connectivity index (χ0n) is 20.6. The molecule has 1 amide bonds. The third-order valence-electron chi connectivity index (χ3n) is 7.43. The first-order valence-electron chi connectivity index (χ1n) is 11.9. The second kappa shape index (κ2) is 9.56. The quantitative estimate of drug-likeness (QED) is 0.556. The number of ether oxygens (including phenoxy) is 1. The summed E-state index contributed by atoms with van der Waals surface area (Å²) in [6.45, 7) is 10.1. The molecular weight excluding hydrogens is 462 g/mol.